The Morgan fingerprint density at radius 3 is 2.17 bits per heavy atom. The third-order valence-electron chi connectivity index (χ3n) is 5.63. The summed E-state index contributed by atoms with van der Waals surface area (Å²) in [5.41, 5.74) is 6.48. The Labute approximate surface area is 175 Å². The number of nitrogens with two attached hydrogens (primary N) is 1. The van der Waals surface area contributed by atoms with E-state index in [2.05, 4.69) is 0 Å². The molecular formula is C24H24N2O4. The van der Waals surface area contributed by atoms with E-state index in [-0.39, 0.29) is 25.6 Å². The quantitative estimate of drug-likeness (QED) is 0.684. The van der Waals surface area contributed by atoms with Crippen molar-refractivity contribution in [1.82, 2.24) is 4.90 Å². The van der Waals surface area contributed by atoms with Crippen LogP contribution in [0.4, 0.5) is 0 Å². The number of primary amides is 1. The fourth-order valence-electron chi connectivity index (χ4n) is 3.67. The minimum Gasteiger partial charge on any atom is -0.497 e. The van der Waals surface area contributed by atoms with Gasteiger partial charge < -0.3 is 20.1 Å². The van der Waals surface area contributed by atoms with Gasteiger partial charge in [0, 0.05) is 18.7 Å². The molecule has 0 aliphatic carbocycles. The molecule has 154 valence electrons. The molecule has 3 aromatic rings. The van der Waals surface area contributed by atoms with Crippen LogP contribution in [-0.4, -0.2) is 43.5 Å². The molecule has 1 saturated heterocycles. The van der Waals surface area contributed by atoms with Crippen LogP contribution in [0.5, 0.6) is 11.5 Å². The van der Waals surface area contributed by atoms with Gasteiger partial charge in [-0.3, -0.25) is 9.59 Å². The first-order valence-electron chi connectivity index (χ1n) is 9.77. The number of hydrogen-bond acceptors (Lipinski definition) is 4. The smallest absolute Gasteiger partial charge is 0.253 e. The highest BCUT2D eigenvalue weighted by molar-refractivity contribution is 5.96. The number of fused-ring (bicyclic) bond motifs is 1. The fourth-order valence-corrected chi connectivity index (χ4v) is 3.67. The maximum atomic E-state index is 12.6. The van der Waals surface area contributed by atoms with Crippen molar-refractivity contribution in [2.45, 2.75) is 6.92 Å². The summed E-state index contributed by atoms with van der Waals surface area (Å²) < 4.78 is 11.2. The van der Waals surface area contributed by atoms with Crippen LogP contribution < -0.4 is 15.2 Å². The van der Waals surface area contributed by atoms with Gasteiger partial charge in [-0.05, 0) is 54.1 Å². The van der Waals surface area contributed by atoms with Crippen LogP contribution in [0, 0.1) is 12.3 Å². The van der Waals surface area contributed by atoms with Gasteiger partial charge in [-0.25, -0.2) is 0 Å². The van der Waals surface area contributed by atoms with Crippen molar-refractivity contribution < 1.29 is 19.1 Å². The van der Waals surface area contributed by atoms with E-state index in [1.54, 1.807) is 24.1 Å². The van der Waals surface area contributed by atoms with E-state index in [4.69, 9.17) is 15.2 Å². The van der Waals surface area contributed by atoms with Gasteiger partial charge in [0.2, 0.25) is 5.91 Å². The zero-order chi connectivity index (χ0) is 21.3. The van der Waals surface area contributed by atoms with Crippen LogP contribution in [-0.2, 0) is 4.79 Å². The second-order valence-corrected chi connectivity index (χ2v) is 7.84. The zero-order valence-corrected chi connectivity index (χ0v) is 17.1. The van der Waals surface area contributed by atoms with Crippen molar-refractivity contribution >= 4 is 22.6 Å². The first-order valence-corrected chi connectivity index (χ1v) is 9.77. The third-order valence-corrected chi connectivity index (χ3v) is 5.63. The lowest BCUT2D eigenvalue weighted by Crippen LogP contribution is -2.66. The number of benzene rings is 3. The number of carbonyl (C=O) groups excluding carboxylic acids is 2. The monoisotopic (exact) mass is 404 g/mol. The van der Waals surface area contributed by atoms with E-state index in [9.17, 15) is 9.59 Å². The minimum absolute atomic E-state index is 0.105. The summed E-state index contributed by atoms with van der Waals surface area (Å²) in [6.07, 6.45) is 0. The van der Waals surface area contributed by atoms with E-state index in [0.29, 0.717) is 11.3 Å². The number of aryl methyl sites for hydroxylation is 1. The van der Waals surface area contributed by atoms with Crippen LogP contribution in [0.1, 0.15) is 15.9 Å². The summed E-state index contributed by atoms with van der Waals surface area (Å²) >= 11 is 0. The Bertz CT molecular complexity index is 1100. The van der Waals surface area contributed by atoms with Gasteiger partial charge in [-0.1, -0.05) is 29.8 Å². The van der Waals surface area contributed by atoms with Crippen molar-refractivity contribution in [2.24, 2.45) is 11.1 Å². The molecule has 0 bridgehead atoms. The summed E-state index contributed by atoms with van der Waals surface area (Å²) in [6, 6.07) is 18.9. The zero-order valence-electron chi connectivity index (χ0n) is 17.1. The molecule has 0 saturated carbocycles. The minimum atomic E-state index is -0.880. The molecule has 2 amide bonds. The van der Waals surface area contributed by atoms with Gasteiger partial charge in [-0.15, -0.1) is 0 Å². The third kappa shape index (κ3) is 3.68. The number of ether oxygens (including phenoxy) is 2. The van der Waals surface area contributed by atoms with Gasteiger partial charge in [0.15, 0.2) is 0 Å². The van der Waals surface area contributed by atoms with Gasteiger partial charge in [0.05, 0.1) is 7.11 Å². The number of methoxy groups -OCH3 is 1. The number of amides is 2. The van der Waals surface area contributed by atoms with Crippen molar-refractivity contribution in [3.05, 3.63) is 71.8 Å². The van der Waals surface area contributed by atoms with Crippen LogP contribution in [0.25, 0.3) is 10.8 Å². The number of hydrogen-bond donors (Lipinski definition) is 1. The van der Waals surface area contributed by atoms with Crippen molar-refractivity contribution in [2.75, 3.05) is 26.8 Å². The molecule has 3 aromatic carbocycles. The highest BCUT2D eigenvalue weighted by atomic mass is 16.5. The molecule has 30 heavy (non-hydrogen) atoms. The highest BCUT2D eigenvalue weighted by Gasteiger charge is 2.51. The standard InChI is InChI=1S/C24H24N2O4/c1-16-3-5-17(6-4-16)22(27)26-13-24(14-26,23(25)28)15-30-21-10-8-18-11-20(29-2)9-7-19(18)12-21/h3-12H,13-15H2,1-2H3,(H2,25,28). The van der Waals surface area contributed by atoms with Crippen molar-refractivity contribution in [1.29, 1.82) is 0 Å². The molecule has 1 heterocycles. The molecule has 0 unspecified atom stereocenters. The average molecular weight is 404 g/mol. The number of likely N-dealkylation sites (tertiary alicyclic amines) is 1. The van der Waals surface area contributed by atoms with E-state index >= 15 is 0 Å². The number of carbonyl (C=O) groups is 2. The number of nitrogens with zero attached hydrogens (tertiary/aromatic N) is 1. The van der Waals surface area contributed by atoms with Crippen LogP contribution in [0.2, 0.25) is 0 Å². The first-order chi connectivity index (χ1) is 14.4. The summed E-state index contributed by atoms with van der Waals surface area (Å²) in [4.78, 5) is 26.4. The SMILES string of the molecule is COc1ccc2cc(OCC3(C(N)=O)CN(C(=O)c4ccc(C)cc4)C3)ccc2c1. The molecule has 2 N–H and O–H groups in total. The molecule has 1 aliphatic heterocycles. The second-order valence-electron chi connectivity index (χ2n) is 7.84. The van der Waals surface area contributed by atoms with E-state index in [1.807, 2.05) is 55.5 Å². The fraction of sp³-hybridized carbons (Fsp3) is 0.250. The Kier molecular flexibility index (Phi) is 5.08. The Balaban J connectivity index is 1.43. The van der Waals surface area contributed by atoms with Crippen LogP contribution in [0.15, 0.2) is 60.7 Å². The van der Waals surface area contributed by atoms with E-state index in [1.165, 1.54) is 0 Å². The van der Waals surface area contributed by atoms with Gasteiger partial charge in [0.1, 0.15) is 23.5 Å². The number of rotatable bonds is 6. The van der Waals surface area contributed by atoms with Gasteiger partial charge in [0.25, 0.3) is 5.91 Å². The topological polar surface area (TPSA) is 81.9 Å². The Hall–Kier alpha value is -3.54. The summed E-state index contributed by atoms with van der Waals surface area (Å²) in [6.45, 7) is 2.60. The molecule has 1 fully saturated rings. The maximum Gasteiger partial charge on any atom is 0.253 e. The molecule has 6 nitrogen and oxygen atoms in total. The van der Waals surface area contributed by atoms with Gasteiger partial charge >= 0.3 is 0 Å². The van der Waals surface area contributed by atoms with Gasteiger partial charge in [-0.2, -0.15) is 0 Å². The average Bonchev–Trinajstić information content (AvgIpc) is 2.72. The predicted molar refractivity (Wildman–Crippen MR) is 115 cm³/mol. The second kappa shape index (κ2) is 7.71. The molecule has 6 heteroatoms. The normalized spacial score (nSPS) is 14.8. The lowest BCUT2D eigenvalue weighted by molar-refractivity contribution is -0.138. The van der Waals surface area contributed by atoms with E-state index in [0.717, 1.165) is 22.1 Å². The molecule has 1 aliphatic rings. The predicted octanol–water partition coefficient (Wildman–Crippen LogP) is 3.16. The van der Waals surface area contributed by atoms with Crippen molar-refractivity contribution in [3.63, 3.8) is 0 Å². The highest BCUT2D eigenvalue weighted by Crippen LogP contribution is 2.33. The summed E-state index contributed by atoms with van der Waals surface area (Å²) in [7, 11) is 1.63. The lowest BCUT2D eigenvalue weighted by Gasteiger charge is -2.47. The molecule has 0 spiro atoms. The summed E-state index contributed by atoms with van der Waals surface area (Å²) in [5.74, 6) is 0.876. The summed E-state index contributed by atoms with van der Waals surface area (Å²) in [5, 5.41) is 2.04. The molecular weight excluding hydrogens is 380 g/mol. The van der Waals surface area contributed by atoms with Crippen LogP contribution >= 0.6 is 0 Å². The van der Waals surface area contributed by atoms with Crippen molar-refractivity contribution in [3.8, 4) is 11.5 Å². The lowest BCUT2D eigenvalue weighted by atomic mass is 9.79. The van der Waals surface area contributed by atoms with Crippen LogP contribution in [0.3, 0.4) is 0 Å². The molecule has 0 atom stereocenters. The molecule has 0 radical (unpaired) electrons. The molecule has 0 aromatic heterocycles. The Morgan fingerprint density at radius 1 is 0.967 bits per heavy atom. The Morgan fingerprint density at radius 2 is 1.57 bits per heavy atom. The largest absolute Gasteiger partial charge is 0.497 e. The first kappa shape index (κ1) is 19.8. The molecule has 4 rings (SSSR count). The maximum absolute atomic E-state index is 12.6. The van der Waals surface area contributed by atoms with E-state index < -0.39 is 11.3 Å².